The van der Waals surface area contributed by atoms with Gasteiger partial charge in [-0.15, -0.1) is 0 Å². The third kappa shape index (κ3) is 5.55. The van der Waals surface area contributed by atoms with Crippen LogP contribution >= 0.6 is 0 Å². The largest absolute Gasteiger partial charge is 0.497 e. The molecular weight excluding hydrogens is 338 g/mol. The number of methoxy groups -OCH3 is 1. The molecule has 0 bridgehead atoms. The number of nitrogens with zero attached hydrogens (tertiary/aromatic N) is 2. The maximum absolute atomic E-state index is 12.4. The lowest BCUT2D eigenvalue weighted by molar-refractivity contribution is -0.117. The number of hydrogen-bond donors (Lipinski definition) is 1. The summed E-state index contributed by atoms with van der Waals surface area (Å²) in [6, 6.07) is 14.4. The molecule has 5 heteroatoms. The fraction of sp³-hybridized carbons (Fsp3) is 0.409. The molecule has 0 atom stereocenters. The first-order valence-corrected chi connectivity index (χ1v) is 9.48. The lowest BCUT2D eigenvalue weighted by Crippen LogP contribution is -2.48. The molecule has 2 aromatic rings. The molecule has 1 saturated heterocycles. The highest BCUT2D eigenvalue weighted by atomic mass is 16.5. The Morgan fingerprint density at radius 1 is 1.00 bits per heavy atom. The molecule has 0 aliphatic carbocycles. The maximum Gasteiger partial charge on any atom is 0.238 e. The first-order valence-electron chi connectivity index (χ1n) is 9.48. The summed E-state index contributed by atoms with van der Waals surface area (Å²) in [4.78, 5) is 17.1. The van der Waals surface area contributed by atoms with Crippen molar-refractivity contribution in [3.63, 3.8) is 0 Å². The van der Waals surface area contributed by atoms with E-state index in [-0.39, 0.29) is 5.91 Å². The summed E-state index contributed by atoms with van der Waals surface area (Å²) in [5.74, 6) is 0.950. The van der Waals surface area contributed by atoms with Crippen LogP contribution in [0.1, 0.15) is 16.7 Å². The summed E-state index contributed by atoms with van der Waals surface area (Å²) in [6.07, 6.45) is 0. The van der Waals surface area contributed by atoms with Crippen molar-refractivity contribution in [3.8, 4) is 5.75 Å². The van der Waals surface area contributed by atoms with E-state index in [9.17, 15) is 4.79 Å². The predicted octanol–water partition coefficient (Wildman–Crippen LogP) is 3.07. The smallest absolute Gasteiger partial charge is 0.238 e. The summed E-state index contributed by atoms with van der Waals surface area (Å²) < 4.78 is 5.21. The molecule has 1 amide bonds. The van der Waals surface area contributed by atoms with E-state index >= 15 is 0 Å². The monoisotopic (exact) mass is 367 g/mol. The van der Waals surface area contributed by atoms with Crippen molar-refractivity contribution >= 4 is 11.6 Å². The summed E-state index contributed by atoms with van der Waals surface area (Å²) in [5.41, 5.74) is 4.45. The van der Waals surface area contributed by atoms with E-state index < -0.39 is 0 Å². The number of rotatable bonds is 6. The molecule has 5 nitrogen and oxygen atoms in total. The molecule has 1 fully saturated rings. The van der Waals surface area contributed by atoms with E-state index in [1.165, 1.54) is 5.56 Å². The van der Waals surface area contributed by atoms with Crippen LogP contribution in [0.4, 0.5) is 5.69 Å². The van der Waals surface area contributed by atoms with Crippen molar-refractivity contribution in [1.82, 2.24) is 9.80 Å². The Labute approximate surface area is 161 Å². The standard InChI is InChI=1S/C22H29N3O2/c1-17-4-5-18(2)21(14-17)23-22(26)16-25-12-10-24(11-13-25)15-19-6-8-20(27-3)9-7-19/h4-9,14H,10-13,15-16H2,1-3H3,(H,23,26). The van der Waals surface area contributed by atoms with Gasteiger partial charge in [-0.1, -0.05) is 24.3 Å². The predicted molar refractivity (Wildman–Crippen MR) is 109 cm³/mol. The van der Waals surface area contributed by atoms with Gasteiger partial charge in [-0.2, -0.15) is 0 Å². The second-order valence-corrected chi connectivity index (χ2v) is 7.27. The number of anilines is 1. The molecule has 1 aliphatic heterocycles. The van der Waals surface area contributed by atoms with Crippen molar-refractivity contribution in [3.05, 3.63) is 59.2 Å². The second-order valence-electron chi connectivity index (χ2n) is 7.27. The number of carbonyl (C=O) groups is 1. The molecule has 1 N–H and O–H groups in total. The third-order valence-electron chi connectivity index (χ3n) is 5.06. The first kappa shape index (κ1) is 19.4. The quantitative estimate of drug-likeness (QED) is 0.852. The summed E-state index contributed by atoms with van der Waals surface area (Å²) >= 11 is 0. The summed E-state index contributed by atoms with van der Waals surface area (Å²) in [5, 5.41) is 3.05. The van der Waals surface area contributed by atoms with Gasteiger partial charge < -0.3 is 10.1 Å². The molecule has 2 aromatic carbocycles. The average molecular weight is 367 g/mol. The molecule has 144 valence electrons. The molecule has 0 saturated carbocycles. The van der Waals surface area contributed by atoms with Gasteiger partial charge >= 0.3 is 0 Å². The Kier molecular flexibility index (Phi) is 6.48. The summed E-state index contributed by atoms with van der Waals surface area (Å²) in [7, 11) is 1.69. The molecule has 1 aliphatic rings. The minimum atomic E-state index is 0.0623. The van der Waals surface area contributed by atoms with Gasteiger partial charge in [0.25, 0.3) is 0 Å². The number of amides is 1. The Hall–Kier alpha value is -2.37. The van der Waals surface area contributed by atoms with Gasteiger partial charge in [0, 0.05) is 38.4 Å². The van der Waals surface area contributed by atoms with Gasteiger partial charge in [0.15, 0.2) is 0 Å². The number of ether oxygens (including phenoxy) is 1. The minimum Gasteiger partial charge on any atom is -0.497 e. The van der Waals surface area contributed by atoms with E-state index in [0.29, 0.717) is 6.54 Å². The van der Waals surface area contributed by atoms with Gasteiger partial charge in [0.2, 0.25) is 5.91 Å². The van der Waals surface area contributed by atoms with E-state index in [1.807, 2.05) is 38.1 Å². The lowest BCUT2D eigenvalue weighted by atomic mass is 10.1. The van der Waals surface area contributed by atoms with Crippen LogP contribution in [0.25, 0.3) is 0 Å². The number of nitrogens with one attached hydrogen (secondary N) is 1. The fourth-order valence-electron chi connectivity index (χ4n) is 3.36. The van der Waals surface area contributed by atoms with Crippen LogP contribution in [0.2, 0.25) is 0 Å². The van der Waals surface area contributed by atoms with Crippen LogP contribution in [0.5, 0.6) is 5.75 Å². The minimum absolute atomic E-state index is 0.0623. The van der Waals surface area contributed by atoms with E-state index in [1.54, 1.807) is 7.11 Å². The van der Waals surface area contributed by atoms with Gasteiger partial charge in [0.05, 0.1) is 13.7 Å². The highest BCUT2D eigenvalue weighted by Gasteiger charge is 2.19. The summed E-state index contributed by atoms with van der Waals surface area (Å²) in [6.45, 7) is 9.22. The maximum atomic E-state index is 12.4. The lowest BCUT2D eigenvalue weighted by Gasteiger charge is -2.34. The molecule has 0 aromatic heterocycles. The van der Waals surface area contributed by atoms with Gasteiger partial charge in [0.1, 0.15) is 5.75 Å². The van der Waals surface area contributed by atoms with Crippen molar-refractivity contribution in [2.45, 2.75) is 20.4 Å². The van der Waals surface area contributed by atoms with Crippen LogP contribution in [-0.2, 0) is 11.3 Å². The number of piperazine rings is 1. The third-order valence-corrected chi connectivity index (χ3v) is 5.06. The van der Waals surface area contributed by atoms with Crippen molar-refractivity contribution in [2.24, 2.45) is 0 Å². The highest BCUT2D eigenvalue weighted by molar-refractivity contribution is 5.93. The SMILES string of the molecule is COc1ccc(CN2CCN(CC(=O)Nc3cc(C)ccc3C)CC2)cc1. The van der Waals surface area contributed by atoms with E-state index in [2.05, 4.69) is 33.3 Å². The zero-order valence-electron chi connectivity index (χ0n) is 16.5. The van der Waals surface area contributed by atoms with Crippen LogP contribution in [0.3, 0.4) is 0 Å². The molecule has 1 heterocycles. The first-order chi connectivity index (χ1) is 13.0. The van der Waals surface area contributed by atoms with Crippen LogP contribution in [-0.4, -0.2) is 55.5 Å². The zero-order chi connectivity index (χ0) is 19.2. The number of hydrogen-bond acceptors (Lipinski definition) is 4. The zero-order valence-corrected chi connectivity index (χ0v) is 16.5. The topological polar surface area (TPSA) is 44.8 Å². The normalized spacial score (nSPS) is 15.5. The Balaban J connectivity index is 1.44. The van der Waals surface area contributed by atoms with E-state index in [0.717, 1.165) is 55.3 Å². The van der Waals surface area contributed by atoms with Crippen molar-refractivity contribution in [1.29, 1.82) is 0 Å². The molecule has 0 unspecified atom stereocenters. The number of carbonyl (C=O) groups excluding carboxylic acids is 1. The van der Waals surface area contributed by atoms with Crippen LogP contribution in [0.15, 0.2) is 42.5 Å². The van der Waals surface area contributed by atoms with Crippen LogP contribution < -0.4 is 10.1 Å². The van der Waals surface area contributed by atoms with Crippen molar-refractivity contribution in [2.75, 3.05) is 45.2 Å². The second kappa shape index (κ2) is 9.02. The fourth-order valence-corrected chi connectivity index (χ4v) is 3.36. The van der Waals surface area contributed by atoms with Gasteiger partial charge in [-0.05, 0) is 48.7 Å². The van der Waals surface area contributed by atoms with E-state index in [4.69, 9.17) is 4.74 Å². The Morgan fingerprint density at radius 2 is 1.67 bits per heavy atom. The highest BCUT2D eigenvalue weighted by Crippen LogP contribution is 2.17. The molecular formula is C22H29N3O2. The van der Waals surface area contributed by atoms with Crippen LogP contribution in [0, 0.1) is 13.8 Å². The molecule has 27 heavy (non-hydrogen) atoms. The van der Waals surface area contributed by atoms with Gasteiger partial charge in [-0.25, -0.2) is 0 Å². The Bertz CT molecular complexity index is 766. The molecule has 0 spiro atoms. The van der Waals surface area contributed by atoms with Crippen molar-refractivity contribution < 1.29 is 9.53 Å². The van der Waals surface area contributed by atoms with Gasteiger partial charge in [-0.3, -0.25) is 14.6 Å². The Morgan fingerprint density at radius 3 is 2.33 bits per heavy atom. The number of aryl methyl sites for hydroxylation is 2. The number of benzene rings is 2. The molecule has 0 radical (unpaired) electrons. The average Bonchev–Trinajstić information content (AvgIpc) is 2.67. The molecule has 3 rings (SSSR count).